The predicted octanol–water partition coefficient (Wildman–Crippen LogP) is 6.46. The van der Waals surface area contributed by atoms with Crippen LogP contribution in [0.1, 0.15) is 51.9 Å². The van der Waals surface area contributed by atoms with Crippen molar-refractivity contribution in [3.8, 4) is 22.4 Å². The van der Waals surface area contributed by atoms with Gasteiger partial charge in [0.05, 0.1) is 4.92 Å². The third-order valence-corrected chi connectivity index (χ3v) is 5.43. The summed E-state index contributed by atoms with van der Waals surface area (Å²) in [5, 5.41) is 23.4. The van der Waals surface area contributed by atoms with E-state index in [9.17, 15) is 10.1 Å². The molecular weight excluding hydrogens is 402 g/mol. The zero-order valence-electron chi connectivity index (χ0n) is 18.6. The van der Waals surface area contributed by atoms with Crippen LogP contribution in [0.4, 0.5) is 17.2 Å². The van der Waals surface area contributed by atoms with Gasteiger partial charge in [-0.2, -0.15) is 0 Å². The lowest BCUT2D eigenvalue weighted by atomic mass is 9.99. The molecule has 1 aromatic heterocycles. The SMILES string of the molecule is CCCCCCCCCNc1cc(-c2ccc(N)cc2)c(-c2cccc([N+](=O)[O-])c2)nn1. The van der Waals surface area contributed by atoms with Gasteiger partial charge in [0, 0.05) is 35.5 Å². The molecule has 7 heteroatoms. The van der Waals surface area contributed by atoms with Gasteiger partial charge in [0.15, 0.2) is 0 Å². The second kappa shape index (κ2) is 11.8. The molecule has 0 radical (unpaired) electrons. The number of nitrogens with two attached hydrogens (primary N) is 1. The van der Waals surface area contributed by atoms with Crippen LogP contribution in [-0.2, 0) is 0 Å². The second-order valence-corrected chi connectivity index (χ2v) is 7.97. The van der Waals surface area contributed by atoms with Gasteiger partial charge in [-0.05, 0) is 30.2 Å². The van der Waals surface area contributed by atoms with Gasteiger partial charge in [-0.3, -0.25) is 10.1 Å². The summed E-state index contributed by atoms with van der Waals surface area (Å²) in [6, 6.07) is 15.9. The van der Waals surface area contributed by atoms with E-state index in [2.05, 4.69) is 22.4 Å². The van der Waals surface area contributed by atoms with Crippen LogP contribution in [0.2, 0.25) is 0 Å². The fourth-order valence-electron chi connectivity index (χ4n) is 3.64. The van der Waals surface area contributed by atoms with Crippen molar-refractivity contribution in [1.82, 2.24) is 10.2 Å². The zero-order valence-corrected chi connectivity index (χ0v) is 18.6. The maximum absolute atomic E-state index is 11.2. The number of nitrogens with one attached hydrogen (secondary N) is 1. The maximum atomic E-state index is 11.2. The number of rotatable bonds is 12. The summed E-state index contributed by atoms with van der Waals surface area (Å²) < 4.78 is 0. The van der Waals surface area contributed by atoms with Crippen LogP contribution in [0.5, 0.6) is 0 Å². The summed E-state index contributed by atoms with van der Waals surface area (Å²) >= 11 is 0. The number of nitrogens with zero attached hydrogens (tertiary/aromatic N) is 3. The van der Waals surface area contributed by atoms with Crippen LogP contribution in [0.25, 0.3) is 22.4 Å². The topological polar surface area (TPSA) is 107 Å². The standard InChI is InChI=1S/C25H31N5O2/c1-2-3-4-5-6-7-8-16-27-24-18-23(19-12-14-21(26)15-13-19)25(29-28-24)20-10-9-11-22(17-20)30(31)32/h9-15,17-18H,2-8,16,26H2,1H3,(H,27,28). The van der Waals surface area contributed by atoms with E-state index in [1.54, 1.807) is 6.07 Å². The van der Waals surface area contributed by atoms with Crippen molar-refractivity contribution in [2.24, 2.45) is 0 Å². The molecule has 3 N–H and O–H groups in total. The van der Waals surface area contributed by atoms with E-state index in [0.29, 0.717) is 22.8 Å². The zero-order chi connectivity index (χ0) is 22.8. The molecule has 0 aliphatic carbocycles. The summed E-state index contributed by atoms with van der Waals surface area (Å²) in [5.74, 6) is 0.692. The molecule has 32 heavy (non-hydrogen) atoms. The summed E-state index contributed by atoms with van der Waals surface area (Å²) in [5.41, 5.74) is 9.57. The third kappa shape index (κ3) is 6.51. The molecule has 0 fully saturated rings. The van der Waals surface area contributed by atoms with E-state index in [1.165, 1.54) is 50.7 Å². The smallest absolute Gasteiger partial charge is 0.270 e. The van der Waals surface area contributed by atoms with E-state index in [4.69, 9.17) is 5.73 Å². The molecule has 0 spiro atoms. The van der Waals surface area contributed by atoms with Crippen molar-refractivity contribution in [1.29, 1.82) is 0 Å². The molecule has 2 aromatic carbocycles. The van der Waals surface area contributed by atoms with Gasteiger partial charge in [0.25, 0.3) is 5.69 Å². The van der Waals surface area contributed by atoms with Gasteiger partial charge in [0.1, 0.15) is 11.5 Å². The van der Waals surface area contributed by atoms with Crippen molar-refractivity contribution in [2.75, 3.05) is 17.6 Å². The molecule has 0 bridgehead atoms. The summed E-state index contributed by atoms with van der Waals surface area (Å²) in [7, 11) is 0. The third-order valence-electron chi connectivity index (χ3n) is 5.43. The van der Waals surface area contributed by atoms with Crippen LogP contribution in [0.15, 0.2) is 54.6 Å². The van der Waals surface area contributed by atoms with E-state index < -0.39 is 4.92 Å². The quantitative estimate of drug-likeness (QED) is 0.147. The van der Waals surface area contributed by atoms with E-state index >= 15 is 0 Å². The van der Waals surface area contributed by atoms with Crippen LogP contribution in [0.3, 0.4) is 0 Å². The molecule has 3 aromatic rings. The van der Waals surface area contributed by atoms with Gasteiger partial charge in [0.2, 0.25) is 0 Å². The number of benzene rings is 2. The summed E-state index contributed by atoms with van der Waals surface area (Å²) in [6.07, 6.45) is 8.74. The molecule has 1 heterocycles. The highest BCUT2D eigenvalue weighted by Gasteiger charge is 2.15. The first-order valence-corrected chi connectivity index (χ1v) is 11.3. The Labute approximate surface area is 189 Å². The van der Waals surface area contributed by atoms with Crippen LogP contribution in [-0.4, -0.2) is 21.7 Å². The van der Waals surface area contributed by atoms with Gasteiger partial charge < -0.3 is 11.1 Å². The number of non-ortho nitro benzene ring substituents is 1. The minimum atomic E-state index is -0.405. The molecule has 0 unspecified atom stereocenters. The minimum Gasteiger partial charge on any atom is -0.399 e. The Balaban J connectivity index is 1.77. The summed E-state index contributed by atoms with van der Waals surface area (Å²) in [6.45, 7) is 3.06. The molecule has 168 valence electrons. The fraction of sp³-hybridized carbons (Fsp3) is 0.360. The molecule has 0 saturated carbocycles. The predicted molar refractivity (Wildman–Crippen MR) is 130 cm³/mol. The van der Waals surface area contributed by atoms with Gasteiger partial charge in [-0.15, -0.1) is 10.2 Å². The Morgan fingerprint density at radius 1 is 0.906 bits per heavy atom. The number of nitro groups is 1. The highest BCUT2D eigenvalue weighted by Crippen LogP contribution is 2.33. The fourth-order valence-corrected chi connectivity index (χ4v) is 3.64. The van der Waals surface area contributed by atoms with E-state index in [1.807, 2.05) is 36.4 Å². The highest BCUT2D eigenvalue weighted by atomic mass is 16.6. The van der Waals surface area contributed by atoms with Crippen LogP contribution < -0.4 is 11.1 Å². The monoisotopic (exact) mass is 433 g/mol. The largest absolute Gasteiger partial charge is 0.399 e. The van der Waals surface area contributed by atoms with Crippen LogP contribution in [0, 0.1) is 10.1 Å². The first-order valence-electron chi connectivity index (χ1n) is 11.3. The average molecular weight is 434 g/mol. The van der Waals surface area contributed by atoms with E-state index in [-0.39, 0.29) is 5.69 Å². The Morgan fingerprint density at radius 2 is 1.62 bits per heavy atom. The molecular formula is C25H31N5O2. The number of hydrogen-bond acceptors (Lipinski definition) is 6. The normalized spacial score (nSPS) is 10.8. The van der Waals surface area contributed by atoms with Gasteiger partial charge in [-0.1, -0.05) is 69.7 Å². The number of unbranched alkanes of at least 4 members (excludes halogenated alkanes) is 6. The number of anilines is 2. The van der Waals surface area contributed by atoms with Crippen LogP contribution >= 0.6 is 0 Å². The molecule has 0 atom stereocenters. The second-order valence-electron chi connectivity index (χ2n) is 7.97. The first kappa shape index (κ1) is 23.2. The molecule has 7 nitrogen and oxygen atoms in total. The Bertz CT molecular complexity index is 1020. The number of nitrogen functional groups attached to an aromatic ring is 1. The lowest BCUT2D eigenvalue weighted by Crippen LogP contribution is -2.05. The van der Waals surface area contributed by atoms with Crippen molar-refractivity contribution in [3.63, 3.8) is 0 Å². The molecule has 0 saturated heterocycles. The van der Waals surface area contributed by atoms with Gasteiger partial charge >= 0.3 is 0 Å². The maximum Gasteiger partial charge on any atom is 0.270 e. The summed E-state index contributed by atoms with van der Waals surface area (Å²) in [4.78, 5) is 10.8. The van der Waals surface area contributed by atoms with Crippen molar-refractivity contribution in [3.05, 3.63) is 64.7 Å². The average Bonchev–Trinajstić information content (AvgIpc) is 2.81. The van der Waals surface area contributed by atoms with Crippen molar-refractivity contribution in [2.45, 2.75) is 51.9 Å². The molecule has 0 aliphatic rings. The van der Waals surface area contributed by atoms with Crippen molar-refractivity contribution >= 4 is 17.2 Å². The lowest BCUT2D eigenvalue weighted by molar-refractivity contribution is -0.384. The Kier molecular flexibility index (Phi) is 8.54. The molecule has 3 rings (SSSR count). The minimum absolute atomic E-state index is 0.0219. The molecule has 0 amide bonds. The number of hydrogen-bond donors (Lipinski definition) is 2. The lowest BCUT2D eigenvalue weighted by Gasteiger charge is -2.12. The number of aromatic nitrogens is 2. The first-order chi connectivity index (χ1) is 15.6. The highest BCUT2D eigenvalue weighted by molar-refractivity contribution is 5.83. The van der Waals surface area contributed by atoms with E-state index in [0.717, 1.165) is 24.1 Å². The Morgan fingerprint density at radius 3 is 2.34 bits per heavy atom. The Hall–Kier alpha value is -3.48. The molecule has 0 aliphatic heterocycles. The van der Waals surface area contributed by atoms with Crippen molar-refractivity contribution < 1.29 is 4.92 Å². The van der Waals surface area contributed by atoms with Gasteiger partial charge in [-0.25, -0.2) is 0 Å². The number of nitro benzene ring substituents is 1.